The Morgan fingerprint density at radius 3 is 2.20 bits per heavy atom. The second-order valence-corrected chi connectivity index (χ2v) is 11.3. The minimum Gasteiger partial charge on any atom is -0.481 e. The predicted molar refractivity (Wildman–Crippen MR) is 152 cm³/mol. The summed E-state index contributed by atoms with van der Waals surface area (Å²) < 4.78 is 82.4. The number of nitro groups is 1. The molecule has 1 aromatic carbocycles. The summed E-state index contributed by atoms with van der Waals surface area (Å²) in [6, 6.07) is 2.98. The van der Waals surface area contributed by atoms with E-state index in [1.165, 1.54) is 11.9 Å². The zero-order valence-electron chi connectivity index (χ0n) is 24.9. The number of alkyl halides is 6. The van der Waals surface area contributed by atoms with Gasteiger partial charge in [0.15, 0.2) is 0 Å². The van der Waals surface area contributed by atoms with E-state index in [1.54, 1.807) is 0 Å². The number of aryl methyl sites for hydroxylation is 1. The van der Waals surface area contributed by atoms with E-state index in [2.05, 4.69) is 20.4 Å². The van der Waals surface area contributed by atoms with Crippen LogP contribution in [0.2, 0.25) is 0 Å². The van der Waals surface area contributed by atoms with Gasteiger partial charge in [-0.25, -0.2) is 4.98 Å². The van der Waals surface area contributed by atoms with Crippen molar-refractivity contribution < 1.29 is 41.2 Å². The van der Waals surface area contributed by atoms with Crippen LogP contribution in [0.3, 0.4) is 0 Å². The molecule has 0 saturated heterocycles. The summed E-state index contributed by atoms with van der Waals surface area (Å²) in [7, 11) is 1.42. The van der Waals surface area contributed by atoms with Crippen LogP contribution in [0, 0.1) is 22.0 Å². The number of rotatable bonds is 12. The molecule has 0 radical (unpaired) electrons. The molecule has 0 spiro atoms. The van der Waals surface area contributed by atoms with Crippen molar-refractivity contribution in [2.75, 3.05) is 22.9 Å². The molecule has 0 aliphatic heterocycles. The Morgan fingerprint density at radius 2 is 1.65 bits per heavy atom. The molecule has 1 N–H and O–H groups in total. The molecule has 1 saturated carbocycles. The number of hydrogen-bond acceptors (Lipinski definition) is 9. The summed E-state index contributed by atoms with van der Waals surface area (Å²) in [5.74, 6) is -0.592. The number of carboxylic acids is 1. The topological polar surface area (TPSA) is 143 Å². The van der Waals surface area contributed by atoms with Crippen LogP contribution in [0.1, 0.15) is 61.3 Å². The van der Waals surface area contributed by atoms with Crippen LogP contribution in [0.4, 0.5) is 43.8 Å². The van der Waals surface area contributed by atoms with E-state index in [4.69, 9.17) is 5.11 Å². The maximum atomic E-state index is 13.9. The Kier molecular flexibility index (Phi) is 10.4. The number of aromatic nitrogens is 5. The van der Waals surface area contributed by atoms with E-state index in [0.29, 0.717) is 38.2 Å². The molecule has 0 bridgehead atoms. The maximum absolute atomic E-state index is 13.9. The van der Waals surface area contributed by atoms with Crippen molar-refractivity contribution in [3.8, 4) is 0 Å². The van der Waals surface area contributed by atoms with Gasteiger partial charge in [0.2, 0.25) is 0 Å². The van der Waals surface area contributed by atoms with E-state index in [1.807, 2.05) is 11.8 Å². The first-order chi connectivity index (χ1) is 21.5. The number of carbonyl (C=O) groups is 1. The van der Waals surface area contributed by atoms with Gasteiger partial charge in [-0.3, -0.25) is 14.9 Å². The monoisotopic (exact) mass is 658 g/mol. The molecular weight excluding hydrogens is 626 g/mol. The lowest BCUT2D eigenvalue weighted by Gasteiger charge is -2.34. The second-order valence-electron chi connectivity index (χ2n) is 11.3. The molecule has 1 aliphatic rings. The fourth-order valence-electron chi connectivity index (χ4n) is 5.66. The number of benzene rings is 1. The third-order valence-corrected chi connectivity index (χ3v) is 7.89. The summed E-state index contributed by atoms with van der Waals surface area (Å²) in [5.41, 5.74) is -3.20. The highest BCUT2D eigenvalue weighted by molar-refractivity contribution is 5.67. The van der Waals surface area contributed by atoms with Gasteiger partial charge in [-0.1, -0.05) is 5.10 Å². The van der Waals surface area contributed by atoms with Crippen LogP contribution in [0.25, 0.3) is 0 Å². The molecule has 2 heterocycles. The fourth-order valence-corrected chi connectivity index (χ4v) is 5.66. The number of hydrogen-bond donors (Lipinski definition) is 1. The Bertz CT molecular complexity index is 1540. The quantitative estimate of drug-likeness (QED) is 0.143. The molecule has 1 aliphatic carbocycles. The highest BCUT2D eigenvalue weighted by Crippen LogP contribution is 2.36. The first kappa shape index (κ1) is 34.4. The van der Waals surface area contributed by atoms with Gasteiger partial charge in [0.1, 0.15) is 5.82 Å². The van der Waals surface area contributed by atoms with Crippen molar-refractivity contribution in [1.82, 2.24) is 25.2 Å². The molecule has 1 fully saturated rings. The predicted octanol–water partition coefficient (Wildman–Crippen LogP) is 5.87. The number of tetrazole rings is 1. The minimum atomic E-state index is -4.90. The zero-order chi connectivity index (χ0) is 33.8. The van der Waals surface area contributed by atoms with Crippen molar-refractivity contribution in [3.05, 3.63) is 62.8 Å². The number of non-ortho nitro benzene ring substituents is 1. The Labute approximate surface area is 259 Å². The molecule has 12 nitrogen and oxygen atoms in total. The van der Waals surface area contributed by atoms with Crippen molar-refractivity contribution in [2.45, 2.75) is 64.5 Å². The largest absolute Gasteiger partial charge is 0.481 e. The summed E-state index contributed by atoms with van der Waals surface area (Å²) >= 11 is 0. The van der Waals surface area contributed by atoms with Crippen molar-refractivity contribution in [3.63, 3.8) is 0 Å². The average Bonchev–Trinajstić information content (AvgIpc) is 3.41. The van der Waals surface area contributed by atoms with Gasteiger partial charge in [0, 0.05) is 56.5 Å². The van der Waals surface area contributed by atoms with Gasteiger partial charge >= 0.3 is 18.3 Å². The molecule has 0 unspecified atom stereocenters. The molecule has 4 rings (SSSR count). The van der Waals surface area contributed by atoms with E-state index in [9.17, 15) is 41.3 Å². The average molecular weight is 659 g/mol. The first-order valence-electron chi connectivity index (χ1n) is 14.4. The van der Waals surface area contributed by atoms with E-state index < -0.39 is 46.6 Å². The van der Waals surface area contributed by atoms with Crippen LogP contribution in [0.5, 0.6) is 0 Å². The van der Waals surface area contributed by atoms with Crippen molar-refractivity contribution >= 4 is 23.4 Å². The molecule has 46 heavy (non-hydrogen) atoms. The minimum absolute atomic E-state index is 0.0586. The number of carboxylic acid groups (broad SMARTS) is 1. The fraction of sp³-hybridized carbons (Fsp3) is 0.536. The van der Waals surface area contributed by atoms with Crippen molar-refractivity contribution in [2.24, 2.45) is 18.9 Å². The molecule has 2 aromatic heterocycles. The number of nitrogens with zero attached hydrogens (tertiary/aromatic N) is 8. The molecule has 250 valence electrons. The Balaban J connectivity index is 1.70. The normalized spacial score (nSPS) is 17.1. The maximum Gasteiger partial charge on any atom is 0.417 e. The Morgan fingerprint density at radius 1 is 1.00 bits per heavy atom. The SMILES string of the molecule is CCN(CC1CCC(CC(=O)O)CC1)c1ncc(C(F)(F)F)cc1CN(Cc1cc([N+](=O)[O-])cc(C(F)(F)F)c1)c1nnn(C)n1. The molecule has 18 heteroatoms. The first-order valence-corrected chi connectivity index (χ1v) is 14.4. The summed E-state index contributed by atoms with van der Waals surface area (Å²) in [5, 5.41) is 32.3. The molecule has 0 amide bonds. The van der Waals surface area contributed by atoms with Gasteiger partial charge in [-0.15, -0.1) is 5.10 Å². The van der Waals surface area contributed by atoms with E-state index in [0.717, 1.165) is 35.8 Å². The zero-order valence-corrected chi connectivity index (χ0v) is 24.9. The number of aliphatic carboxylic acids is 1. The van der Waals surface area contributed by atoms with Gasteiger partial charge in [0.05, 0.1) is 23.1 Å². The van der Waals surface area contributed by atoms with Crippen molar-refractivity contribution in [1.29, 1.82) is 0 Å². The summed E-state index contributed by atoms with van der Waals surface area (Å²) in [6.07, 6.45) is -5.99. The number of nitro benzene ring substituents is 1. The molecular formula is C28H32F6N8O4. The van der Waals surface area contributed by atoms with Gasteiger partial charge in [-0.2, -0.15) is 31.1 Å². The summed E-state index contributed by atoms with van der Waals surface area (Å²) in [4.78, 5) is 29.9. The summed E-state index contributed by atoms with van der Waals surface area (Å²) in [6.45, 7) is 1.81. The van der Waals surface area contributed by atoms with E-state index in [-0.39, 0.29) is 47.7 Å². The van der Waals surface area contributed by atoms with Crippen LogP contribution in [-0.2, 0) is 37.3 Å². The highest BCUT2D eigenvalue weighted by Gasteiger charge is 2.35. The number of halogens is 6. The lowest BCUT2D eigenvalue weighted by atomic mass is 9.80. The molecule has 3 aromatic rings. The van der Waals surface area contributed by atoms with Gasteiger partial charge < -0.3 is 14.9 Å². The van der Waals surface area contributed by atoms with Crippen LogP contribution in [-0.4, -0.2) is 54.3 Å². The van der Waals surface area contributed by atoms with Crippen LogP contribution >= 0.6 is 0 Å². The highest BCUT2D eigenvalue weighted by atomic mass is 19.4. The standard InChI is InChI=1S/C28H32F6N8O4/c1-3-40(14-18-6-4-17(5-7-18)10-24(43)44)25-20(11-22(13-35-25)28(32,33)34)16-41(26-36-38-39(2)37-26)15-19-8-21(27(29,30)31)12-23(9-19)42(45)46/h8-9,11-13,17-18H,3-7,10,14-16H2,1-2H3,(H,43,44). The second kappa shape index (κ2) is 13.9. The van der Waals surface area contributed by atoms with E-state index >= 15 is 0 Å². The third kappa shape index (κ3) is 8.81. The van der Waals surface area contributed by atoms with Crippen LogP contribution in [0.15, 0.2) is 30.5 Å². The van der Waals surface area contributed by atoms with Gasteiger partial charge in [0.25, 0.3) is 11.6 Å². The lowest BCUT2D eigenvalue weighted by Crippen LogP contribution is -2.34. The lowest BCUT2D eigenvalue weighted by molar-refractivity contribution is -0.385. The number of anilines is 2. The number of pyridine rings is 1. The molecule has 0 atom stereocenters. The smallest absolute Gasteiger partial charge is 0.417 e. The van der Waals surface area contributed by atoms with Crippen LogP contribution < -0.4 is 9.80 Å². The van der Waals surface area contributed by atoms with Gasteiger partial charge in [-0.05, 0) is 67.4 Å². The third-order valence-electron chi connectivity index (χ3n) is 7.89. The Hall–Kier alpha value is -4.51.